The molecule has 5 nitrogen and oxygen atoms in total. The van der Waals surface area contributed by atoms with E-state index in [0.29, 0.717) is 6.42 Å². The molecule has 1 atom stereocenters. The smallest absolute Gasteiger partial charge is 0.422 e. The molecule has 1 aromatic carbocycles. The van der Waals surface area contributed by atoms with E-state index in [1.165, 1.54) is 24.3 Å². The van der Waals surface area contributed by atoms with Crippen LogP contribution < -0.4 is 10.1 Å². The first-order valence-electron chi connectivity index (χ1n) is 6.45. The summed E-state index contributed by atoms with van der Waals surface area (Å²) in [7, 11) is -3.09. The Morgan fingerprint density at radius 1 is 1.27 bits per heavy atom. The summed E-state index contributed by atoms with van der Waals surface area (Å²) < 4.78 is 63.1. The fourth-order valence-electron chi connectivity index (χ4n) is 2.05. The van der Waals surface area contributed by atoms with Crippen molar-refractivity contribution in [2.45, 2.75) is 18.6 Å². The molecule has 1 amide bonds. The molecule has 0 aromatic heterocycles. The Hall–Kier alpha value is -1.77. The fraction of sp³-hybridized carbons (Fsp3) is 0.462. The van der Waals surface area contributed by atoms with Crippen LogP contribution in [0.15, 0.2) is 24.3 Å². The molecule has 0 aliphatic carbocycles. The molecular weight excluding hydrogens is 323 g/mol. The van der Waals surface area contributed by atoms with Crippen LogP contribution in [0, 0.1) is 0 Å². The molecule has 1 N–H and O–H groups in total. The van der Waals surface area contributed by atoms with Gasteiger partial charge in [-0.1, -0.05) is 0 Å². The van der Waals surface area contributed by atoms with Crippen LogP contribution in [0.1, 0.15) is 16.8 Å². The van der Waals surface area contributed by atoms with Crippen molar-refractivity contribution in [1.82, 2.24) is 5.32 Å². The highest BCUT2D eigenvalue weighted by atomic mass is 32.2. The SMILES string of the molecule is O=C(NC1CCS(=O)(=O)C1)c1ccc(OCC(F)(F)F)cc1. The van der Waals surface area contributed by atoms with Crippen molar-refractivity contribution in [2.75, 3.05) is 18.1 Å². The monoisotopic (exact) mass is 337 g/mol. The lowest BCUT2D eigenvalue weighted by Gasteiger charge is -2.12. The molecule has 1 aliphatic heterocycles. The van der Waals surface area contributed by atoms with E-state index in [1.807, 2.05) is 0 Å². The second-order valence-corrected chi connectivity index (χ2v) is 7.23. The van der Waals surface area contributed by atoms with E-state index in [2.05, 4.69) is 10.1 Å². The van der Waals surface area contributed by atoms with Gasteiger partial charge in [0.05, 0.1) is 11.5 Å². The maximum Gasteiger partial charge on any atom is 0.422 e. The number of ether oxygens (including phenoxy) is 1. The third-order valence-corrected chi connectivity index (χ3v) is 4.85. The van der Waals surface area contributed by atoms with Crippen molar-refractivity contribution >= 4 is 15.7 Å². The van der Waals surface area contributed by atoms with Gasteiger partial charge in [0.2, 0.25) is 0 Å². The van der Waals surface area contributed by atoms with Crippen molar-refractivity contribution in [3.05, 3.63) is 29.8 Å². The highest BCUT2D eigenvalue weighted by molar-refractivity contribution is 7.91. The number of hydrogen-bond donors (Lipinski definition) is 1. The number of nitrogens with one attached hydrogen (secondary N) is 1. The third kappa shape index (κ3) is 4.90. The number of amides is 1. The topological polar surface area (TPSA) is 72.5 Å². The van der Waals surface area contributed by atoms with E-state index in [0.717, 1.165) is 0 Å². The largest absolute Gasteiger partial charge is 0.484 e. The molecule has 0 saturated carbocycles. The van der Waals surface area contributed by atoms with Crippen molar-refractivity contribution in [3.8, 4) is 5.75 Å². The average Bonchev–Trinajstić information content (AvgIpc) is 2.75. The zero-order chi connectivity index (χ0) is 16.4. The first-order chi connectivity index (χ1) is 10.1. The first-order valence-corrected chi connectivity index (χ1v) is 8.28. The second kappa shape index (κ2) is 6.15. The van der Waals surface area contributed by atoms with E-state index in [9.17, 15) is 26.4 Å². The Morgan fingerprint density at radius 3 is 2.41 bits per heavy atom. The molecule has 1 unspecified atom stereocenters. The van der Waals surface area contributed by atoms with E-state index < -0.39 is 34.6 Å². The van der Waals surface area contributed by atoms with Crippen molar-refractivity contribution < 1.29 is 31.1 Å². The first kappa shape index (κ1) is 16.6. The summed E-state index contributed by atoms with van der Waals surface area (Å²) in [5.41, 5.74) is 0.226. The van der Waals surface area contributed by atoms with Gasteiger partial charge in [-0.3, -0.25) is 4.79 Å². The van der Waals surface area contributed by atoms with Crippen LogP contribution >= 0.6 is 0 Å². The molecule has 122 valence electrons. The van der Waals surface area contributed by atoms with Crippen LogP contribution in [0.2, 0.25) is 0 Å². The highest BCUT2D eigenvalue weighted by Gasteiger charge is 2.29. The Kier molecular flexibility index (Phi) is 4.64. The van der Waals surface area contributed by atoms with Crippen LogP contribution in [0.5, 0.6) is 5.75 Å². The number of alkyl halides is 3. The average molecular weight is 337 g/mol. The molecule has 22 heavy (non-hydrogen) atoms. The Morgan fingerprint density at radius 2 is 1.91 bits per heavy atom. The van der Waals surface area contributed by atoms with E-state index in [1.54, 1.807) is 0 Å². The summed E-state index contributed by atoms with van der Waals surface area (Å²) in [5.74, 6) is -0.518. The van der Waals surface area contributed by atoms with Gasteiger partial charge in [-0.25, -0.2) is 8.42 Å². The number of benzene rings is 1. The summed E-state index contributed by atoms with van der Waals surface area (Å²) in [4.78, 5) is 11.9. The molecule has 1 fully saturated rings. The van der Waals surface area contributed by atoms with Gasteiger partial charge in [0.25, 0.3) is 5.91 Å². The lowest BCUT2D eigenvalue weighted by Crippen LogP contribution is -2.35. The van der Waals surface area contributed by atoms with Gasteiger partial charge in [0, 0.05) is 11.6 Å². The van der Waals surface area contributed by atoms with Gasteiger partial charge >= 0.3 is 6.18 Å². The number of rotatable bonds is 4. The zero-order valence-corrected chi connectivity index (χ0v) is 12.2. The zero-order valence-electron chi connectivity index (χ0n) is 11.4. The summed E-state index contributed by atoms with van der Waals surface area (Å²) >= 11 is 0. The van der Waals surface area contributed by atoms with E-state index >= 15 is 0 Å². The molecule has 9 heteroatoms. The Labute approximate surface area is 125 Å². The fourth-order valence-corrected chi connectivity index (χ4v) is 3.72. The van der Waals surface area contributed by atoms with E-state index in [4.69, 9.17) is 0 Å². The van der Waals surface area contributed by atoms with Gasteiger partial charge in [-0.2, -0.15) is 13.2 Å². The summed E-state index contributed by atoms with van der Waals surface area (Å²) in [6, 6.07) is 4.73. The number of carbonyl (C=O) groups is 1. The van der Waals surface area contributed by atoms with Crippen molar-refractivity contribution in [1.29, 1.82) is 0 Å². The minimum absolute atomic E-state index is 0.00248. The maximum atomic E-state index is 12.0. The highest BCUT2D eigenvalue weighted by Crippen LogP contribution is 2.19. The number of carbonyl (C=O) groups excluding carboxylic acids is 1. The second-order valence-electron chi connectivity index (χ2n) is 5.00. The lowest BCUT2D eigenvalue weighted by atomic mass is 10.2. The number of sulfone groups is 1. The van der Waals surface area contributed by atoms with Crippen LogP contribution in [0.4, 0.5) is 13.2 Å². The van der Waals surface area contributed by atoms with Gasteiger partial charge in [-0.15, -0.1) is 0 Å². The predicted molar refractivity (Wildman–Crippen MR) is 72.5 cm³/mol. The third-order valence-electron chi connectivity index (χ3n) is 3.09. The molecule has 2 rings (SSSR count). The van der Waals surface area contributed by atoms with Crippen LogP contribution in [0.25, 0.3) is 0 Å². The Bertz CT molecular complexity index is 640. The molecular formula is C13H14F3NO4S. The van der Waals surface area contributed by atoms with E-state index in [-0.39, 0.29) is 22.8 Å². The maximum absolute atomic E-state index is 12.0. The van der Waals surface area contributed by atoms with Gasteiger partial charge in [0.15, 0.2) is 16.4 Å². The number of hydrogen-bond acceptors (Lipinski definition) is 4. The van der Waals surface area contributed by atoms with Gasteiger partial charge in [-0.05, 0) is 30.7 Å². The summed E-state index contributed by atoms with van der Waals surface area (Å²) in [6.45, 7) is -1.40. The van der Waals surface area contributed by atoms with Crippen molar-refractivity contribution in [3.63, 3.8) is 0 Å². The quantitative estimate of drug-likeness (QED) is 0.905. The van der Waals surface area contributed by atoms with Crippen molar-refractivity contribution in [2.24, 2.45) is 0 Å². The predicted octanol–water partition coefficient (Wildman–Crippen LogP) is 1.54. The van der Waals surface area contributed by atoms with Gasteiger partial charge < -0.3 is 10.1 Å². The van der Waals surface area contributed by atoms with Gasteiger partial charge in [0.1, 0.15) is 5.75 Å². The number of halogens is 3. The molecule has 0 bridgehead atoms. The molecule has 1 aromatic rings. The van der Waals surface area contributed by atoms with Crippen LogP contribution in [-0.4, -0.2) is 44.7 Å². The summed E-state index contributed by atoms with van der Waals surface area (Å²) in [6.07, 6.45) is -4.06. The normalized spacial score (nSPS) is 20.6. The minimum atomic E-state index is -4.43. The minimum Gasteiger partial charge on any atom is -0.484 e. The standard InChI is InChI=1S/C13H14F3NO4S/c14-13(15,16)8-21-11-3-1-9(2-4-11)12(18)17-10-5-6-22(19,20)7-10/h1-4,10H,5-8H2,(H,17,18). The summed E-state index contributed by atoms with van der Waals surface area (Å²) in [5, 5.41) is 2.59. The molecule has 0 spiro atoms. The molecule has 1 heterocycles. The van der Waals surface area contributed by atoms with Crippen LogP contribution in [0.3, 0.4) is 0 Å². The Balaban J connectivity index is 1.91. The molecule has 1 aliphatic rings. The molecule has 1 saturated heterocycles. The molecule has 0 radical (unpaired) electrons. The lowest BCUT2D eigenvalue weighted by molar-refractivity contribution is -0.153. The van der Waals surface area contributed by atoms with Crippen LogP contribution in [-0.2, 0) is 9.84 Å².